The van der Waals surface area contributed by atoms with Crippen LogP contribution in [0.5, 0.6) is 0 Å². The van der Waals surface area contributed by atoms with Crippen molar-refractivity contribution in [1.82, 2.24) is 5.32 Å². The van der Waals surface area contributed by atoms with E-state index in [0.29, 0.717) is 0 Å². The number of fused-ring (bicyclic) bond motifs is 8. The maximum atomic E-state index is 7.74. The summed E-state index contributed by atoms with van der Waals surface area (Å²) in [6.07, 6.45) is 5.95. The summed E-state index contributed by atoms with van der Waals surface area (Å²) in [5, 5.41) is 11.6. The molecule has 0 radical (unpaired) electrons. The van der Waals surface area contributed by atoms with Crippen LogP contribution in [0.4, 0.5) is 17.1 Å². The lowest BCUT2D eigenvalue weighted by molar-refractivity contribution is 0.659. The van der Waals surface area contributed by atoms with E-state index in [0.717, 1.165) is 28.9 Å². The van der Waals surface area contributed by atoms with Crippen molar-refractivity contribution in [2.45, 2.75) is 5.41 Å². The smallest absolute Gasteiger partial charge is 0.0901 e. The Balaban J connectivity index is 1.30. The van der Waals surface area contributed by atoms with Crippen molar-refractivity contribution >= 4 is 28.8 Å². The maximum absolute atomic E-state index is 7.74. The molecule has 6 aromatic carbocycles. The molecule has 218 valence electrons. The van der Waals surface area contributed by atoms with Gasteiger partial charge in [-0.25, -0.2) is 0 Å². The van der Waals surface area contributed by atoms with Crippen LogP contribution in [0.15, 0.2) is 163 Å². The van der Waals surface area contributed by atoms with Gasteiger partial charge in [0, 0.05) is 29.7 Å². The van der Waals surface area contributed by atoms with Gasteiger partial charge in [-0.15, -0.1) is 0 Å². The van der Waals surface area contributed by atoms with Crippen molar-refractivity contribution in [2.75, 3.05) is 11.4 Å². The Labute approximate surface area is 269 Å². The second-order valence-electron chi connectivity index (χ2n) is 12.1. The number of hydrogen-bond acceptors (Lipinski definition) is 3. The van der Waals surface area contributed by atoms with Gasteiger partial charge in [0.1, 0.15) is 0 Å². The quantitative estimate of drug-likeness (QED) is 0.201. The second kappa shape index (κ2) is 10.3. The van der Waals surface area contributed by atoms with E-state index in [9.17, 15) is 0 Å². The summed E-state index contributed by atoms with van der Waals surface area (Å²) in [4.78, 5) is 2.42. The molecule has 3 heteroatoms. The number of benzene rings is 6. The molecule has 2 N–H and O–H groups in total. The molecule has 0 bridgehead atoms. The molecule has 0 fully saturated rings. The highest BCUT2D eigenvalue weighted by Gasteiger charge is 2.53. The summed E-state index contributed by atoms with van der Waals surface area (Å²) in [7, 11) is 0. The lowest BCUT2D eigenvalue weighted by Crippen LogP contribution is -2.41. The Kier molecular flexibility index (Phi) is 5.94. The van der Waals surface area contributed by atoms with E-state index >= 15 is 0 Å². The lowest BCUT2D eigenvalue weighted by Gasteiger charge is -2.46. The van der Waals surface area contributed by atoms with Crippen molar-refractivity contribution in [3.8, 4) is 22.3 Å². The number of dihydropyridines is 1. The van der Waals surface area contributed by atoms with E-state index in [1.54, 1.807) is 0 Å². The van der Waals surface area contributed by atoms with Crippen molar-refractivity contribution in [1.29, 1.82) is 5.41 Å². The molecule has 3 aliphatic rings. The van der Waals surface area contributed by atoms with Crippen LogP contribution in [-0.2, 0) is 5.41 Å². The minimum absolute atomic E-state index is 0.500. The molecular formula is C43H31N3. The lowest BCUT2D eigenvalue weighted by atomic mass is 9.65. The third-order valence-corrected chi connectivity index (χ3v) is 9.73. The van der Waals surface area contributed by atoms with Crippen LogP contribution < -0.4 is 10.2 Å². The molecule has 1 spiro atoms. The van der Waals surface area contributed by atoms with E-state index in [-0.39, 0.29) is 0 Å². The number of nitrogens with zero attached hydrogens (tertiary/aromatic N) is 1. The number of nitrogens with one attached hydrogen (secondary N) is 2. The molecule has 0 unspecified atom stereocenters. The zero-order chi connectivity index (χ0) is 30.7. The summed E-state index contributed by atoms with van der Waals surface area (Å²) in [5.41, 5.74) is 16.2. The zero-order valence-electron chi connectivity index (χ0n) is 25.2. The van der Waals surface area contributed by atoms with Crippen LogP contribution in [-0.4, -0.2) is 12.8 Å². The molecule has 2 aliphatic heterocycles. The average molecular weight is 590 g/mol. The van der Waals surface area contributed by atoms with Crippen LogP contribution in [0, 0.1) is 5.41 Å². The summed E-state index contributed by atoms with van der Waals surface area (Å²) in [5.74, 6) is 0. The molecule has 6 aromatic rings. The first-order valence-electron chi connectivity index (χ1n) is 15.8. The molecule has 1 aliphatic carbocycles. The van der Waals surface area contributed by atoms with Gasteiger partial charge in [-0.1, -0.05) is 115 Å². The number of para-hydroxylation sites is 3. The molecule has 0 aromatic heterocycles. The molecule has 0 saturated carbocycles. The predicted molar refractivity (Wildman–Crippen MR) is 190 cm³/mol. The van der Waals surface area contributed by atoms with Gasteiger partial charge < -0.3 is 15.6 Å². The van der Waals surface area contributed by atoms with Gasteiger partial charge in [0.2, 0.25) is 0 Å². The summed E-state index contributed by atoms with van der Waals surface area (Å²) in [6, 6.07) is 52.6. The van der Waals surface area contributed by atoms with Crippen LogP contribution in [0.3, 0.4) is 0 Å². The van der Waals surface area contributed by atoms with E-state index in [2.05, 4.69) is 156 Å². The molecule has 3 nitrogen and oxygen atoms in total. The standard InChI is InChI=1S/C43H31N3/c44-28-29-11-8-12-30(25-29)31-13-9-14-32(26-31)33-22-23-35-36-17-10-24-45-42(36)43(39(35)27-33)37-18-4-6-20-40(37)46(34-15-2-1-3-16-34)41-21-7-5-19-38(41)43/h1-23,25-28,44-45H,24H2. The van der Waals surface area contributed by atoms with Gasteiger partial charge in [-0.2, -0.15) is 0 Å². The number of hydrogen-bond donors (Lipinski definition) is 2. The monoisotopic (exact) mass is 589 g/mol. The normalized spacial score (nSPS) is 15.1. The van der Waals surface area contributed by atoms with Gasteiger partial charge in [-0.3, -0.25) is 0 Å². The Morgan fingerprint density at radius 1 is 0.587 bits per heavy atom. The van der Waals surface area contributed by atoms with Crippen LogP contribution >= 0.6 is 0 Å². The molecule has 0 atom stereocenters. The van der Waals surface area contributed by atoms with E-state index in [1.807, 2.05) is 12.1 Å². The van der Waals surface area contributed by atoms with Crippen LogP contribution in [0.25, 0.3) is 27.8 Å². The maximum Gasteiger partial charge on any atom is 0.0901 e. The minimum atomic E-state index is -0.500. The number of anilines is 3. The third kappa shape index (κ3) is 3.75. The fourth-order valence-electron chi connectivity index (χ4n) is 7.83. The molecule has 0 saturated heterocycles. The highest BCUT2D eigenvalue weighted by Crippen LogP contribution is 2.62. The highest BCUT2D eigenvalue weighted by atomic mass is 15.2. The molecule has 46 heavy (non-hydrogen) atoms. The fourth-order valence-corrected chi connectivity index (χ4v) is 7.83. The molecule has 2 heterocycles. The first kappa shape index (κ1) is 26.5. The summed E-state index contributed by atoms with van der Waals surface area (Å²) in [6.45, 7) is 0.797. The Morgan fingerprint density at radius 3 is 1.93 bits per heavy atom. The Hall–Kier alpha value is -5.93. The van der Waals surface area contributed by atoms with Crippen molar-refractivity contribution in [3.63, 3.8) is 0 Å². The molecule has 0 amide bonds. The van der Waals surface area contributed by atoms with Crippen LogP contribution in [0.1, 0.15) is 27.8 Å². The summed E-state index contributed by atoms with van der Waals surface area (Å²) >= 11 is 0. The second-order valence-corrected chi connectivity index (χ2v) is 12.1. The highest BCUT2D eigenvalue weighted by molar-refractivity contribution is 5.98. The van der Waals surface area contributed by atoms with E-state index < -0.39 is 5.41 Å². The van der Waals surface area contributed by atoms with Crippen LogP contribution in [0.2, 0.25) is 0 Å². The van der Waals surface area contributed by atoms with E-state index in [4.69, 9.17) is 5.41 Å². The van der Waals surface area contributed by atoms with Crippen molar-refractivity contribution in [3.05, 3.63) is 191 Å². The predicted octanol–water partition coefficient (Wildman–Crippen LogP) is 10.0. The first-order valence-corrected chi connectivity index (χ1v) is 15.8. The Morgan fingerprint density at radius 2 is 1.22 bits per heavy atom. The van der Waals surface area contributed by atoms with Gasteiger partial charge >= 0.3 is 0 Å². The summed E-state index contributed by atoms with van der Waals surface area (Å²) < 4.78 is 0. The molecular weight excluding hydrogens is 558 g/mol. The topological polar surface area (TPSA) is 39.1 Å². The molecule has 9 rings (SSSR count). The number of rotatable bonds is 4. The number of allylic oxidation sites excluding steroid dienone is 3. The largest absolute Gasteiger partial charge is 0.383 e. The first-order chi connectivity index (χ1) is 22.8. The van der Waals surface area contributed by atoms with Gasteiger partial charge in [0.25, 0.3) is 0 Å². The zero-order valence-corrected chi connectivity index (χ0v) is 25.2. The minimum Gasteiger partial charge on any atom is -0.383 e. The van der Waals surface area contributed by atoms with Gasteiger partial charge in [-0.05, 0) is 92.5 Å². The third-order valence-electron chi connectivity index (χ3n) is 9.73. The SMILES string of the molecule is N=Cc1cccc(-c2cccc(-c3ccc4c(c3)C3(C5=C4C=CCN5)c4ccccc4N(c4ccccc4)c4ccccc43)c2)c1. The average Bonchev–Trinajstić information content (AvgIpc) is 3.42. The Bertz CT molecular complexity index is 2190. The van der Waals surface area contributed by atoms with Gasteiger partial charge in [0.15, 0.2) is 0 Å². The van der Waals surface area contributed by atoms with Gasteiger partial charge in [0.05, 0.1) is 16.8 Å². The van der Waals surface area contributed by atoms with Crippen molar-refractivity contribution in [2.24, 2.45) is 0 Å². The van der Waals surface area contributed by atoms with Crippen molar-refractivity contribution < 1.29 is 0 Å². The van der Waals surface area contributed by atoms with E-state index in [1.165, 1.54) is 62.2 Å². The fraction of sp³-hybridized carbons (Fsp3) is 0.0465.